The summed E-state index contributed by atoms with van der Waals surface area (Å²) in [6, 6.07) is 15.8. The summed E-state index contributed by atoms with van der Waals surface area (Å²) >= 11 is 0. The van der Waals surface area contributed by atoms with Crippen molar-refractivity contribution in [2.24, 2.45) is 4.99 Å². The topological polar surface area (TPSA) is 82.6 Å². The number of hydrogen-bond acceptors (Lipinski definition) is 3. The standard InChI is InChI=1S/C22H32N4O2S/c1-5-20-8-6-7-9-21(20)15-25-22(23-4)24-14-18-10-12-19(13-11-18)16-29(27,28)26-17(2)3/h6-13,17,26H,5,14-16H2,1-4H3,(H2,23,24,25). The van der Waals surface area contributed by atoms with Crippen molar-refractivity contribution >= 4 is 16.0 Å². The van der Waals surface area contributed by atoms with Crippen molar-refractivity contribution in [1.82, 2.24) is 15.4 Å². The summed E-state index contributed by atoms with van der Waals surface area (Å²) in [5.41, 5.74) is 4.41. The minimum Gasteiger partial charge on any atom is -0.352 e. The molecule has 0 saturated carbocycles. The van der Waals surface area contributed by atoms with Crippen LogP contribution in [0.4, 0.5) is 0 Å². The lowest BCUT2D eigenvalue weighted by molar-refractivity contribution is 0.569. The van der Waals surface area contributed by atoms with E-state index in [9.17, 15) is 8.42 Å². The van der Waals surface area contributed by atoms with Gasteiger partial charge < -0.3 is 10.6 Å². The lowest BCUT2D eigenvalue weighted by atomic mass is 10.1. The quantitative estimate of drug-likeness (QED) is 0.434. The monoisotopic (exact) mass is 416 g/mol. The third-order valence-electron chi connectivity index (χ3n) is 4.42. The highest BCUT2D eigenvalue weighted by Crippen LogP contribution is 2.10. The molecule has 0 atom stereocenters. The smallest absolute Gasteiger partial charge is 0.216 e. The summed E-state index contributed by atoms with van der Waals surface area (Å²) in [5, 5.41) is 6.64. The second-order valence-corrected chi connectivity index (χ2v) is 9.00. The third-order valence-corrected chi connectivity index (χ3v) is 5.97. The molecule has 0 fully saturated rings. The van der Waals surface area contributed by atoms with Crippen LogP contribution < -0.4 is 15.4 Å². The summed E-state index contributed by atoms with van der Waals surface area (Å²) in [6.07, 6.45) is 0.999. The first-order chi connectivity index (χ1) is 13.8. The molecule has 0 bridgehead atoms. The number of guanidine groups is 1. The van der Waals surface area contributed by atoms with Crippen LogP contribution >= 0.6 is 0 Å². The number of nitrogens with one attached hydrogen (secondary N) is 3. The molecule has 0 aliphatic heterocycles. The van der Waals surface area contributed by atoms with Crippen LogP contribution in [0.1, 0.15) is 43.0 Å². The van der Waals surface area contributed by atoms with Crippen molar-refractivity contribution in [3.63, 3.8) is 0 Å². The van der Waals surface area contributed by atoms with Gasteiger partial charge in [-0.15, -0.1) is 0 Å². The van der Waals surface area contributed by atoms with Gasteiger partial charge in [0.15, 0.2) is 5.96 Å². The normalized spacial score (nSPS) is 12.2. The van der Waals surface area contributed by atoms with E-state index in [0.29, 0.717) is 13.1 Å². The number of hydrogen-bond donors (Lipinski definition) is 3. The van der Waals surface area contributed by atoms with Crippen LogP contribution in [0.3, 0.4) is 0 Å². The molecule has 2 rings (SSSR count). The van der Waals surface area contributed by atoms with Crippen LogP contribution in [0, 0.1) is 0 Å². The van der Waals surface area contributed by atoms with Gasteiger partial charge in [-0.3, -0.25) is 4.99 Å². The van der Waals surface area contributed by atoms with Gasteiger partial charge in [0.25, 0.3) is 0 Å². The van der Waals surface area contributed by atoms with Crippen molar-refractivity contribution in [1.29, 1.82) is 0 Å². The molecule has 0 aliphatic carbocycles. The lowest BCUT2D eigenvalue weighted by Gasteiger charge is -2.14. The SMILES string of the molecule is CCc1ccccc1CNC(=NC)NCc1ccc(CS(=O)(=O)NC(C)C)cc1. The number of aryl methyl sites for hydroxylation is 1. The Morgan fingerprint density at radius 3 is 2.10 bits per heavy atom. The average Bonchev–Trinajstić information content (AvgIpc) is 2.68. The van der Waals surface area contributed by atoms with E-state index in [2.05, 4.69) is 45.5 Å². The molecule has 2 aromatic rings. The molecule has 29 heavy (non-hydrogen) atoms. The van der Waals surface area contributed by atoms with Gasteiger partial charge in [-0.1, -0.05) is 55.5 Å². The Labute approximate surface area is 174 Å². The summed E-state index contributed by atoms with van der Waals surface area (Å²) in [4.78, 5) is 4.27. The molecule has 2 aromatic carbocycles. The molecule has 0 saturated heterocycles. The average molecular weight is 417 g/mol. The van der Waals surface area contributed by atoms with E-state index in [1.54, 1.807) is 7.05 Å². The maximum atomic E-state index is 12.0. The minimum absolute atomic E-state index is 0.0149. The molecule has 0 aromatic heterocycles. The van der Waals surface area contributed by atoms with Crippen molar-refractivity contribution in [3.8, 4) is 0 Å². The zero-order chi connectivity index (χ0) is 21.3. The van der Waals surface area contributed by atoms with Gasteiger partial charge >= 0.3 is 0 Å². The molecule has 6 nitrogen and oxygen atoms in total. The number of aliphatic imine (C=N–C) groups is 1. The van der Waals surface area contributed by atoms with Gasteiger partial charge in [0.1, 0.15) is 0 Å². The Hall–Kier alpha value is -2.38. The third kappa shape index (κ3) is 7.87. The number of sulfonamides is 1. The van der Waals surface area contributed by atoms with Gasteiger partial charge in [0.2, 0.25) is 10.0 Å². The second-order valence-electron chi connectivity index (χ2n) is 7.25. The van der Waals surface area contributed by atoms with Crippen LogP contribution in [0.2, 0.25) is 0 Å². The Morgan fingerprint density at radius 1 is 0.931 bits per heavy atom. The molecule has 0 unspecified atom stereocenters. The van der Waals surface area contributed by atoms with E-state index in [1.165, 1.54) is 11.1 Å². The molecular formula is C22H32N4O2S. The van der Waals surface area contributed by atoms with Crippen LogP contribution in [0.25, 0.3) is 0 Å². The summed E-state index contributed by atoms with van der Waals surface area (Å²) < 4.78 is 26.7. The maximum absolute atomic E-state index is 12.0. The highest BCUT2D eigenvalue weighted by atomic mass is 32.2. The molecule has 0 amide bonds. The molecule has 158 valence electrons. The van der Waals surface area contributed by atoms with E-state index in [0.717, 1.165) is 23.5 Å². The number of nitrogens with zero attached hydrogens (tertiary/aromatic N) is 1. The van der Waals surface area contributed by atoms with E-state index >= 15 is 0 Å². The molecule has 7 heteroatoms. The first-order valence-corrected chi connectivity index (χ1v) is 11.6. The van der Waals surface area contributed by atoms with Crippen molar-refractivity contribution < 1.29 is 8.42 Å². The van der Waals surface area contributed by atoms with Crippen LogP contribution in [0.5, 0.6) is 0 Å². The fraction of sp³-hybridized carbons (Fsp3) is 0.409. The fourth-order valence-electron chi connectivity index (χ4n) is 3.03. The summed E-state index contributed by atoms with van der Waals surface area (Å²) in [7, 11) is -1.56. The van der Waals surface area contributed by atoms with Gasteiger partial charge in [-0.2, -0.15) is 0 Å². The van der Waals surface area contributed by atoms with Crippen LogP contribution in [0.15, 0.2) is 53.5 Å². The van der Waals surface area contributed by atoms with Crippen molar-refractivity contribution in [2.75, 3.05) is 7.05 Å². The molecule has 0 radical (unpaired) electrons. The summed E-state index contributed by atoms with van der Waals surface area (Å²) in [6.45, 7) is 7.09. The van der Waals surface area contributed by atoms with Gasteiger partial charge in [-0.25, -0.2) is 13.1 Å². The highest BCUT2D eigenvalue weighted by molar-refractivity contribution is 7.88. The van der Waals surface area contributed by atoms with E-state index in [1.807, 2.05) is 44.2 Å². The molecular weight excluding hydrogens is 384 g/mol. The Balaban J connectivity index is 1.88. The van der Waals surface area contributed by atoms with E-state index < -0.39 is 10.0 Å². The van der Waals surface area contributed by atoms with Gasteiger partial charge in [-0.05, 0) is 42.5 Å². The van der Waals surface area contributed by atoms with Gasteiger partial charge in [0.05, 0.1) is 5.75 Å². The Kier molecular flexibility index (Phi) is 8.67. The summed E-state index contributed by atoms with van der Waals surface area (Å²) in [5.74, 6) is 0.711. The van der Waals surface area contributed by atoms with Crippen molar-refractivity contribution in [3.05, 3.63) is 70.8 Å². The Bertz CT molecular complexity index is 907. The maximum Gasteiger partial charge on any atom is 0.216 e. The molecule has 0 heterocycles. The van der Waals surface area contributed by atoms with Gasteiger partial charge in [0, 0.05) is 26.2 Å². The first kappa shape index (κ1) is 22.9. The second kappa shape index (κ2) is 11.0. The highest BCUT2D eigenvalue weighted by Gasteiger charge is 2.12. The van der Waals surface area contributed by atoms with Crippen molar-refractivity contribution in [2.45, 2.75) is 52.1 Å². The van der Waals surface area contributed by atoms with Crippen LogP contribution in [-0.2, 0) is 35.3 Å². The fourth-order valence-corrected chi connectivity index (χ4v) is 4.47. The first-order valence-electron chi connectivity index (χ1n) is 9.92. The van der Waals surface area contributed by atoms with Crippen LogP contribution in [-0.4, -0.2) is 27.5 Å². The predicted molar refractivity (Wildman–Crippen MR) is 120 cm³/mol. The zero-order valence-corrected chi connectivity index (χ0v) is 18.5. The lowest BCUT2D eigenvalue weighted by Crippen LogP contribution is -2.36. The molecule has 0 aliphatic rings. The molecule has 0 spiro atoms. The Morgan fingerprint density at radius 2 is 1.52 bits per heavy atom. The zero-order valence-electron chi connectivity index (χ0n) is 17.7. The number of rotatable bonds is 9. The molecule has 3 N–H and O–H groups in total. The number of benzene rings is 2. The minimum atomic E-state index is -3.31. The predicted octanol–water partition coefficient (Wildman–Crippen LogP) is 2.94. The van der Waals surface area contributed by atoms with E-state index in [4.69, 9.17) is 0 Å². The van der Waals surface area contributed by atoms with E-state index in [-0.39, 0.29) is 11.8 Å². The largest absolute Gasteiger partial charge is 0.352 e.